The first-order chi connectivity index (χ1) is 11.0. The molecular weight excluding hydrogens is 314 g/mol. The van der Waals surface area contributed by atoms with Gasteiger partial charge in [0.1, 0.15) is 5.37 Å². The SMILES string of the molecule is Cc1cccc(S(=O)(=O)C(N)CNCCNCCNCCN)c1. The Kier molecular flexibility index (Phi) is 9.30. The molecule has 0 amide bonds. The summed E-state index contributed by atoms with van der Waals surface area (Å²) < 4.78 is 24.7. The molecule has 23 heavy (non-hydrogen) atoms. The molecule has 1 aromatic rings. The fraction of sp³-hybridized carbons (Fsp3) is 0.600. The van der Waals surface area contributed by atoms with Crippen LogP contribution in [0.15, 0.2) is 29.2 Å². The van der Waals surface area contributed by atoms with Crippen LogP contribution >= 0.6 is 0 Å². The van der Waals surface area contributed by atoms with Gasteiger partial charge < -0.3 is 27.4 Å². The average molecular weight is 343 g/mol. The fourth-order valence-electron chi connectivity index (χ4n) is 2.03. The zero-order valence-corrected chi connectivity index (χ0v) is 14.5. The first kappa shape index (κ1) is 20.0. The van der Waals surface area contributed by atoms with Crippen LogP contribution in [0.2, 0.25) is 0 Å². The molecule has 1 aromatic carbocycles. The third-order valence-electron chi connectivity index (χ3n) is 3.34. The van der Waals surface area contributed by atoms with Crippen molar-refractivity contribution in [2.24, 2.45) is 11.5 Å². The van der Waals surface area contributed by atoms with Crippen molar-refractivity contribution >= 4 is 9.84 Å². The molecule has 0 bridgehead atoms. The maximum atomic E-state index is 12.4. The Balaban J connectivity index is 2.24. The molecule has 0 saturated heterocycles. The van der Waals surface area contributed by atoms with E-state index in [9.17, 15) is 8.42 Å². The molecule has 132 valence electrons. The number of rotatable bonds is 12. The van der Waals surface area contributed by atoms with Crippen molar-refractivity contribution in [2.45, 2.75) is 17.2 Å². The lowest BCUT2D eigenvalue weighted by Crippen LogP contribution is -2.42. The van der Waals surface area contributed by atoms with E-state index in [-0.39, 0.29) is 11.4 Å². The van der Waals surface area contributed by atoms with E-state index >= 15 is 0 Å². The highest BCUT2D eigenvalue weighted by Gasteiger charge is 2.23. The molecular formula is C15H29N5O2S. The Morgan fingerprint density at radius 1 is 1.04 bits per heavy atom. The molecule has 0 aliphatic heterocycles. The summed E-state index contributed by atoms with van der Waals surface area (Å²) in [5.41, 5.74) is 12.1. The van der Waals surface area contributed by atoms with Crippen LogP contribution in [0.4, 0.5) is 0 Å². The van der Waals surface area contributed by atoms with Crippen molar-refractivity contribution in [3.63, 3.8) is 0 Å². The molecule has 0 heterocycles. The van der Waals surface area contributed by atoms with E-state index in [1.165, 1.54) is 0 Å². The van der Waals surface area contributed by atoms with Gasteiger partial charge in [-0.1, -0.05) is 12.1 Å². The Hall–Kier alpha value is -1.03. The zero-order valence-electron chi connectivity index (χ0n) is 13.7. The monoisotopic (exact) mass is 343 g/mol. The van der Waals surface area contributed by atoms with E-state index in [0.717, 1.165) is 31.7 Å². The van der Waals surface area contributed by atoms with Crippen molar-refractivity contribution in [1.82, 2.24) is 16.0 Å². The molecule has 0 aliphatic carbocycles. The first-order valence-electron chi connectivity index (χ1n) is 7.87. The molecule has 0 spiro atoms. The predicted molar refractivity (Wildman–Crippen MR) is 94.0 cm³/mol. The summed E-state index contributed by atoms with van der Waals surface area (Å²) in [6, 6.07) is 6.81. The van der Waals surface area contributed by atoms with Crippen LogP contribution in [0, 0.1) is 6.92 Å². The van der Waals surface area contributed by atoms with Gasteiger partial charge in [0.15, 0.2) is 9.84 Å². The van der Waals surface area contributed by atoms with Gasteiger partial charge in [-0.05, 0) is 24.6 Å². The Labute approximate surface area is 139 Å². The minimum Gasteiger partial charge on any atom is -0.329 e. The van der Waals surface area contributed by atoms with Gasteiger partial charge in [-0.3, -0.25) is 0 Å². The van der Waals surface area contributed by atoms with Crippen LogP contribution in [0.25, 0.3) is 0 Å². The van der Waals surface area contributed by atoms with Gasteiger partial charge in [0.2, 0.25) is 0 Å². The lowest BCUT2D eigenvalue weighted by atomic mass is 10.2. The lowest BCUT2D eigenvalue weighted by molar-refractivity contribution is 0.554. The van der Waals surface area contributed by atoms with Crippen LogP contribution in [-0.4, -0.2) is 59.6 Å². The first-order valence-corrected chi connectivity index (χ1v) is 9.41. The highest BCUT2D eigenvalue weighted by atomic mass is 32.2. The smallest absolute Gasteiger partial charge is 0.195 e. The largest absolute Gasteiger partial charge is 0.329 e. The molecule has 0 radical (unpaired) electrons. The number of hydrogen-bond donors (Lipinski definition) is 5. The summed E-state index contributed by atoms with van der Waals surface area (Å²) in [6.45, 7) is 6.64. The van der Waals surface area contributed by atoms with E-state index < -0.39 is 15.2 Å². The van der Waals surface area contributed by atoms with Gasteiger partial charge in [-0.25, -0.2) is 8.42 Å². The van der Waals surface area contributed by atoms with E-state index in [2.05, 4.69) is 16.0 Å². The van der Waals surface area contributed by atoms with Gasteiger partial charge >= 0.3 is 0 Å². The summed E-state index contributed by atoms with van der Waals surface area (Å²) in [4.78, 5) is 0.274. The van der Waals surface area contributed by atoms with Crippen molar-refractivity contribution in [3.8, 4) is 0 Å². The lowest BCUT2D eigenvalue weighted by Gasteiger charge is -2.14. The molecule has 7 N–H and O–H groups in total. The predicted octanol–water partition coefficient (Wildman–Crippen LogP) is -1.22. The highest BCUT2D eigenvalue weighted by Crippen LogP contribution is 2.14. The van der Waals surface area contributed by atoms with Crippen LogP contribution in [0.1, 0.15) is 5.56 Å². The van der Waals surface area contributed by atoms with Crippen molar-refractivity contribution in [1.29, 1.82) is 0 Å². The van der Waals surface area contributed by atoms with Gasteiger partial charge in [0.25, 0.3) is 0 Å². The normalized spacial score (nSPS) is 13.2. The van der Waals surface area contributed by atoms with E-state index in [1.807, 2.05) is 13.0 Å². The summed E-state index contributed by atoms with van der Waals surface area (Å²) in [5, 5.41) is 8.54. The van der Waals surface area contributed by atoms with E-state index in [1.54, 1.807) is 18.2 Å². The minimum atomic E-state index is -3.50. The third kappa shape index (κ3) is 7.38. The minimum absolute atomic E-state index is 0.226. The average Bonchev–Trinajstić information content (AvgIpc) is 2.53. The van der Waals surface area contributed by atoms with Gasteiger partial charge in [0.05, 0.1) is 4.90 Å². The van der Waals surface area contributed by atoms with E-state index in [4.69, 9.17) is 11.5 Å². The number of hydrogen-bond acceptors (Lipinski definition) is 7. The maximum Gasteiger partial charge on any atom is 0.195 e. The molecule has 1 unspecified atom stereocenters. The molecule has 0 fully saturated rings. The zero-order chi connectivity index (χ0) is 17.1. The standard InChI is InChI=1S/C15H29N5O2S/c1-13-3-2-4-14(11-13)23(21,22)15(17)12-20-10-9-19-8-7-18-6-5-16/h2-4,11,15,18-20H,5-10,12,16-17H2,1H3. The summed E-state index contributed by atoms with van der Waals surface area (Å²) in [6.07, 6.45) is 0. The number of nitrogens with one attached hydrogen (secondary N) is 3. The van der Waals surface area contributed by atoms with Crippen molar-refractivity contribution in [3.05, 3.63) is 29.8 Å². The molecule has 8 heteroatoms. The molecule has 7 nitrogen and oxygen atoms in total. The van der Waals surface area contributed by atoms with Gasteiger partial charge in [-0.2, -0.15) is 0 Å². The Morgan fingerprint density at radius 2 is 1.65 bits per heavy atom. The van der Waals surface area contributed by atoms with Crippen LogP contribution < -0.4 is 27.4 Å². The Bertz CT molecular complexity index is 551. The molecule has 0 saturated carbocycles. The van der Waals surface area contributed by atoms with Crippen LogP contribution in [0.5, 0.6) is 0 Å². The summed E-state index contributed by atoms with van der Waals surface area (Å²) >= 11 is 0. The second kappa shape index (κ2) is 10.7. The van der Waals surface area contributed by atoms with Gasteiger partial charge in [-0.15, -0.1) is 0 Å². The summed E-state index contributed by atoms with van der Waals surface area (Å²) in [5.74, 6) is 0. The van der Waals surface area contributed by atoms with Crippen molar-refractivity contribution < 1.29 is 8.42 Å². The number of benzene rings is 1. The summed E-state index contributed by atoms with van der Waals surface area (Å²) in [7, 11) is -3.50. The second-order valence-electron chi connectivity index (χ2n) is 5.39. The fourth-order valence-corrected chi connectivity index (χ4v) is 3.33. The molecule has 1 atom stereocenters. The van der Waals surface area contributed by atoms with Crippen LogP contribution in [-0.2, 0) is 9.84 Å². The molecule has 0 aliphatic rings. The topological polar surface area (TPSA) is 122 Å². The maximum absolute atomic E-state index is 12.4. The van der Waals surface area contributed by atoms with E-state index in [0.29, 0.717) is 13.1 Å². The highest BCUT2D eigenvalue weighted by molar-refractivity contribution is 7.92. The number of aryl methyl sites for hydroxylation is 1. The Morgan fingerprint density at radius 3 is 2.26 bits per heavy atom. The molecule has 1 rings (SSSR count). The van der Waals surface area contributed by atoms with Gasteiger partial charge in [0, 0.05) is 45.8 Å². The molecule has 0 aromatic heterocycles. The second-order valence-corrected chi connectivity index (χ2v) is 7.56. The number of nitrogens with two attached hydrogens (primary N) is 2. The quantitative estimate of drug-likeness (QED) is 0.302. The third-order valence-corrected chi connectivity index (χ3v) is 5.22. The van der Waals surface area contributed by atoms with Crippen molar-refractivity contribution in [2.75, 3.05) is 45.8 Å². The van der Waals surface area contributed by atoms with Crippen LogP contribution in [0.3, 0.4) is 0 Å². The number of sulfone groups is 1.